The highest BCUT2D eigenvalue weighted by molar-refractivity contribution is 7.16. The van der Waals surface area contributed by atoms with Crippen molar-refractivity contribution in [3.05, 3.63) is 87.6 Å². The first kappa shape index (κ1) is 37.8. The van der Waals surface area contributed by atoms with E-state index in [-0.39, 0.29) is 41.9 Å². The summed E-state index contributed by atoms with van der Waals surface area (Å²) in [5.74, 6) is 0.789. The van der Waals surface area contributed by atoms with Crippen LogP contribution < -0.4 is 27.0 Å². The summed E-state index contributed by atoms with van der Waals surface area (Å²) in [6, 6.07) is 16.4. The fourth-order valence-electron chi connectivity index (χ4n) is 5.53. The van der Waals surface area contributed by atoms with Gasteiger partial charge in [-0.15, -0.1) is 11.3 Å². The van der Waals surface area contributed by atoms with Gasteiger partial charge in [0.05, 0.1) is 12.1 Å². The largest absolute Gasteiger partial charge is 0.463 e. The Bertz CT molecular complexity index is 1900. The molecule has 6 N–H and O–H groups in total. The van der Waals surface area contributed by atoms with Crippen LogP contribution >= 0.6 is 11.3 Å². The number of hydrogen-bond acceptors (Lipinski definition) is 13. The zero-order valence-corrected chi connectivity index (χ0v) is 31.3. The molecule has 2 aromatic heterocycles. The third-order valence-corrected chi connectivity index (χ3v) is 9.83. The van der Waals surface area contributed by atoms with Crippen LogP contribution in [0.25, 0.3) is 0 Å². The Morgan fingerprint density at radius 2 is 1.29 bits per heavy atom. The van der Waals surface area contributed by atoms with Crippen LogP contribution in [0.2, 0.25) is 0 Å². The highest BCUT2D eigenvalue weighted by Crippen LogP contribution is 2.31. The highest BCUT2D eigenvalue weighted by Gasteiger charge is 2.22. The lowest BCUT2D eigenvalue weighted by Crippen LogP contribution is -2.15. The van der Waals surface area contributed by atoms with Crippen molar-refractivity contribution >= 4 is 51.7 Å². The molecule has 0 aliphatic carbocycles. The second-order valence-corrected chi connectivity index (χ2v) is 14.1. The fourth-order valence-corrected chi connectivity index (χ4v) is 6.52. The van der Waals surface area contributed by atoms with Crippen molar-refractivity contribution in [1.82, 2.24) is 9.97 Å². The van der Waals surface area contributed by atoms with Gasteiger partial charge in [-0.25, -0.2) is 20.0 Å². The second kappa shape index (κ2) is 17.2. The maximum atomic E-state index is 12.8. The SMILES string of the molecule is CC(C)c1sc(N(C)C)nc1C(=O)Nc1ccc(CC[C@H]2COC(N)=N2)cc1.Cc1nc(C(=O)Nc2ccc(CC[C@H]3COC(N)=N3)cc2)c(C)o1. The second-order valence-electron chi connectivity index (χ2n) is 13.1. The number of oxazole rings is 1. The number of anilines is 3. The van der Waals surface area contributed by atoms with Crippen molar-refractivity contribution in [1.29, 1.82) is 0 Å². The molecule has 2 atom stereocenters. The third-order valence-electron chi connectivity index (χ3n) is 8.31. The lowest BCUT2D eigenvalue weighted by atomic mass is 10.1. The number of aliphatic imine (C=N–C) groups is 2. The smallest absolute Gasteiger partial charge is 0.282 e. The molecule has 0 saturated carbocycles. The lowest BCUT2D eigenvalue weighted by Gasteiger charge is -2.09. The number of ether oxygens (including phenoxy) is 2. The van der Waals surface area contributed by atoms with E-state index >= 15 is 0 Å². The molecule has 0 radical (unpaired) electrons. The van der Waals surface area contributed by atoms with Gasteiger partial charge in [-0.05, 0) is 73.9 Å². The number of benzene rings is 2. The summed E-state index contributed by atoms with van der Waals surface area (Å²) in [6.45, 7) is 8.69. The number of carbonyl (C=O) groups is 2. The first-order valence-electron chi connectivity index (χ1n) is 17.2. The number of nitrogens with zero attached hydrogens (tertiary/aromatic N) is 5. The van der Waals surface area contributed by atoms with Crippen LogP contribution in [-0.2, 0) is 22.3 Å². The first-order chi connectivity index (χ1) is 24.8. The third kappa shape index (κ3) is 10.3. The van der Waals surface area contributed by atoms with Gasteiger partial charge in [-0.3, -0.25) is 9.59 Å². The number of hydrogen-bond donors (Lipinski definition) is 4. The van der Waals surface area contributed by atoms with Gasteiger partial charge in [0.15, 0.2) is 16.7 Å². The van der Waals surface area contributed by atoms with Crippen molar-refractivity contribution in [2.45, 2.75) is 71.4 Å². The fraction of sp³-hybridized carbons (Fsp3) is 0.405. The topological polar surface area (TPSA) is 196 Å². The lowest BCUT2D eigenvalue weighted by molar-refractivity contribution is 0.101. The Morgan fingerprint density at radius 1 is 0.808 bits per heavy atom. The summed E-state index contributed by atoms with van der Waals surface area (Å²) >= 11 is 1.56. The molecule has 2 aliphatic rings. The van der Waals surface area contributed by atoms with E-state index in [9.17, 15) is 9.59 Å². The van der Waals surface area contributed by atoms with E-state index in [1.807, 2.05) is 67.5 Å². The predicted molar refractivity (Wildman–Crippen MR) is 205 cm³/mol. The van der Waals surface area contributed by atoms with Crippen molar-refractivity contribution in [3.63, 3.8) is 0 Å². The van der Waals surface area contributed by atoms with E-state index in [1.54, 1.807) is 25.2 Å². The monoisotopic (exact) mass is 729 g/mol. The van der Waals surface area contributed by atoms with Crippen molar-refractivity contribution in [2.24, 2.45) is 21.5 Å². The maximum absolute atomic E-state index is 12.8. The van der Waals surface area contributed by atoms with Gasteiger partial charge in [0.2, 0.25) is 0 Å². The molecule has 2 aliphatic heterocycles. The summed E-state index contributed by atoms with van der Waals surface area (Å²) < 4.78 is 15.6. The van der Waals surface area contributed by atoms with Crippen molar-refractivity contribution in [3.8, 4) is 0 Å². The van der Waals surface area contributed by atoms with Crippen LogP contribution in [0.5, 0.6) is 0 Å². The molecular weight excluding hydrogens is 683 g/mol. The van der Waals surface area contributed by atoms with Crippen molar-refractivity contribution in [2.75, 3.05) is 42.8 Å². The molecule has 0 bridgehead atoms. The van der Waals surface area contributed by atoms with E-state index in [2.05, 4.69) is 44.4 Å². The van der Waals surface area contributed by atoms with Gasteiger partial charge < -0.3 is 40.9 Å². The Hall–Kier alpha value is -5.44. The molecule has 0 unspecified atom stereocenters. The molecular formula is C37H47N9O5S. The van der Waals surface area contributed by atoms with E-state index in [4.69, 9.17) is 25.4 Å². The number of nitrogens with one attached hydrogen (secondary N) is 2. The van der Waals surface area contributed by atoms with Gasteiger partial charge in [0, 0.05) is 37.3 Å². The molecule has 6 rings (SSSR count). The summed E-state index contributed by atoms with van der Waals surface area (Å²) in [5.41, 5.74) is 15.7. The van der Waals surface area contributed by atoms with E-state index in [0.29, 0.717) is 36.3 Å². The number of nitrogens with two attached hydrogens (primary N) is 2. The van der Waals surface area contributed by atoms with Gasteiger partial charge in [0.25, 0.3) is 23.9 Å². The number of thiazole rings is 1. The standard InChI is InChI=1S/C20H27N5O2S.C17H20N4O3/c1-12(2)17-16(24-20(28-17)25(3)4)18(26)22-14-8-5-13(6-9-14)7-10-15-11-27-19(21)23-15;1-10-15(19-11(2)24-10)16(22)20-13-6-3-12(4-7-13)5-8-14-9-23-17(18)21-14/h5-6,8-9,12,15H,7,10-11H2,1-4H3,(H2,21,23)(H,22,26);3-4,6-7,14H,5,8-9H2,1-2H3,(H2,18,21)(H,20,22)/t15-;14-/m00/s1. The quantitative estimate of drug-likeness (QED) is 0.146. The number of aryl methyl sites for hydroxylation is 4. The number of amidine groups is 2. The average Bonchev–Trinajstić information content (AvgIpc) is 3.91. The molecule has 2 amide bonds. The van der Waals surface area contributed by atoms with Crippen LogP contribution in [0.3, 0.4) is 0 Å². The van der Waals surface area contributed by atoms with E-state index in [0.717, 1.165) is 47.1 Å². The van der Waals surface area contributed by atoms with Crippen LogP contribution in [0, 0.1) is 13.8 Å². The number of carbonyl (C=O) groups excluding carboxylic acids is 2. The normalized spacial score (nSPS) is 16.3. The number of rotatable bonds is 12. The van der Waals surface area contributed by atoms with Gasteiger partial charge in [-0.1, -0.05) is 38.1 Å². The molecule has 276 valence electrons. The number of aromatic nitrogens is 2. The Morgan fingerprint density at radius 3 is 1.67 bits per heavy atom. The minimum Gasteiger partial charge on any atom is -0.463 e. The molecule has 0 saturated heterocycles. The predicted octanol–water partition coefficient (Wildman–Crippen LogP) is 5.42. The molecule has 14 nitrogen and oxygen atoms in total. The Labute approximate surface area is 307 Å². The molecule has 15 heteroatoms. The van der Waals surface area contributed by atoms with Crippen molar-refractivity contribution < 1.29 is 23.5 Å². The Balaban J connectivity index is 0.000000203. The van der Waals surface area contributed by atoms with Gasteiger partial charge in [0.1, 0.15) is 24.7 Å². The zero-order valence-electron chi connectivity index (χ0n) is 30.4. The van der Waals surface area contributed by atoms with Gasteiger partial charge in [-0.2, -0.15) is 0 Å². The summed E-state index contributed by atoms with van der Waals surface area (Å²) in [4.78, 5) is 44.9. The van der Waals surface area contributed by atoms with Crippen LogP contribution in [0.4, 0.5) is 16.5 Å². The van der Waals surface area contributed by atoms with Gasteiger partial charge >= 0.3 is 0 Å². The van der Waals surface area contributed by atoms with Crippen LogP contribution in [-0.4, -0.2) is 73.2 Å². The maximum Gasteiger partial charge on any atom is 0.282 e. The molecule has 4 heterocycles. The average molecular weight is 730 g/mol. The molecule has 0 spiro atoms. The number of amides is 2. The van der Waals surface area contributed by atoms with Crippen LogP contribution in [0.15, 0.2) is 62.9 Å². The minimum atomic E-state index is -0.273. The van der Waals surface area contributed by atoms with Crippen LogP contribution in [0.1, 0.15) is 81.2 Å². The first-order valence-corrected chi connectivity index (χ1v) is 18.0. The summed E-state index contributed by atoms with van der Waals surface area (Å²) in [7, 11) is 3.86. The summed E-state index contributed by atoms with van der Waals surface area (Å²) in [6.07, 6.45) is 3.52. The van der Waals surface area contributed by atoms with E-state index < -0.39 is 0 Å². The highest BCUT2D eigenvalue weighted by atomic mass is 32.1. The molecule has 4 aromatic rings. The molecule has 52 heavy (non-hydrogen) atoms. The zero-order chi connectivity index (χ0) is 37.4. The van der Waals surface area contributed by atoms with E-state index in [1.165, 1.54) is 11.1 Å². The molecule has 2 aromatic carbocycles. The Kier molecular flexibility index (Phi) is 12.5. The molecule has 0 fully saturated rings. The minimum absolute atomic E-state index is 0.128. The summed E-state index contributed by atoms with van der Waals surface area (Å²) in [5, 5.41) is 6.62.